The molecule has 0 unspecified atom stereocenters. The zero-order valence-corrected chi connectivity index (χ0v) is 15.1. The maximum Gasteiger partial charge on any atom is 0.0949 e. The van der Waals surface area contributed by atoms with Crippen molar-refractivity contribution in [2.75, 3.05) is 19.7 Å². The van der Waals surface area contributed by atoms with Crippen LogP contribution < -0.4 is 5.32 Å². The Bertz CT molecular complexity index is 809. The molecule has 25 heavy (non-hydrogen) atoms. The Morgan fingerprint density at radius 2 is 1.72 bits per heavy atom. The Morgan fingerprint density at radius 3 is 2.40 bits per heavy atom. The van der Waals surface area contributed by atoms with E-state index < -0.39 is 0 Å². The lowest BCUT2D eigenvalue weighted by Crippen LogP contribution is -2.33. The van der Waals surface area contributed by atoms with Crippen LogP contribution >= 0.6 is 24.0 Å². The molecule has 0 bridgehead atoms. The fraction of sp³-hybridized carbons (Fsp3) is 0.211. The molecule has 1 aliphatic rings. The molecule has 130 valence electrons. The zero-order valence-electron chi connectivity index (χ0n) is 13.5. The van der Waals surface area contributed by atoms with Gasteiger partial charge in [-0.25, -0.2) is 0 Å². The van der Waals surface area contributed by atoms with Gasteiger partial charge in [0.25, 0.3) is 0 Å². The number of aromatic amines is 1. The first kappa shape index (κ1) is 18.0. The molecule has 1 aromatic heterocycles. The van der Waals surface area contributed by atoms with E-state index in [0.717, 1.165) is 47.2 Å². The molecule has 0 aliphatic carbocycles. The summed E-state index contributed by atoms with van der Waals surface area (Å²) in [7, 11) is 0. The summed E-state index contributed by atoms with van der Waals surface area (Å²) >= 11 is 5.94. The highest BCUT2D eigenvalue weighted by molar-refractivity contribution is 6.30. The van der Waals surface area contributed by atoms with Crippen LogP contribution in [0.15, 0.2) is 54.6 Å². The summed E-state index contributed by atoms with van der Waals surface area (Å²) in [6.45, 7) is 2.55. The van der Waals surface area contributed by atoms with E-state index in [1.54, 1.807) is 0 Å². The van der Waals surface area contributed by atoms with Crippen molar-refractivity contribution >= 4 is 24.0 Å². The number of ether oxygens (including phenoxy) is 1. The van der Waals surface area contributed by atoms with Crippen molar-refractivity contribution in [1.82, 2.24) is 15.5 Å². The van der Waals surface area contributed by atoms with Crippen LogP contribution in [0.4, 0.5) is 0 Å². The van der Waals surface area contributed by atoms with Crippen LogP contribution in [0.5, 0.6) is 0 Å². The van der Waals surface area contributed by atoms with Gasteiger partial charge in [0.1, 0.15) is 0 Å². The SMILES string of the molecule is Cl.Clc1ccc(-c2cc(-c3ccc([C@@H]4CNCCO4)cc3)[nH]n2)cc1. The van der Waals surface area contributed by atoms with Gasteiger partial charge in [-0.15, -0.1) is 12.4 Å². The molecule has 0 amide bonds. The predicted molar refractivity (Wildman–Crippen MR) is 103 cm³/mol. The summed E-state index contributed by atoms with van der Waals surface area (Å²) in [5.74, 6) is 0. The third-order valence-electron chi connectivity index (χ3n) is 4.24. The summed E-state index contributed by atoms with van der Waals surface area (Å²) < 4.78 is 5.79. The van der Waals surface area contributed by atoms with E-state index >= 15 is 0 Å². The van der Waals surface area contributed by atoms with Crippen molar-refractivity contribution in [3.63, 3.8) is 0 Å². The number of morpholine rings is 1. The van der Waals surface area contributed by atoms with Gasteiger partial charge in [-0.1, -0.05) is 48.0 Å². The normalized spacial score (nSPS) is 17.1. The lowest BCUT2D eigenvalue weighted by Gasteiger charge is -2.24. The lowest BCUT2D eigenvalue weighted by atomic mass is 10.0. The number of rotatable bonds is 3. The molecule has 1 saturated heterocycles. The Morgan fingerprint density at radius 1 is 1.00 bits per heavy atom. The number of nitrogens with zero attached hydrogens (tertiary/aromatic N) is 1. The molecule has 2 N–H and O–H groups in total. The molecule has 4 rings (SSSR count). The van der Waals surface area contributed by atoms with Crippen LogP contribution in [0.3, 0.4) is 0 Å². The molecular formula is C19H19Cl2N3O. The number of nitrogens with one attached hydrogen (secondary N) is 2. The third-order valence-corrected chi connectivity index (χ3v) is 4.49. The molecular weight excluding hydrogens is 357 g/mol. The smallest absolute Gasteiger partial charge is 0.0949 e. The van der Waals surface area contributed by atoms with E-state index in [4.69, 9.17) is 16.3 Å². The van der Waals surface area contributed by atoms with E-state index in [9.17, 15) is 0 Å². The van der Waals surface area contributed by atoms with Gasteiger partial charge < -0.3 is 10.1 Å². The minimum atomic E-state index is 0. The van der Waals surface area contributed by atoms with E-state index in [0.29, 0.717) is 0 Å². The second-order valence-electron chi connectivity index (χ2n) is 5.86. The quantitative estimate of drug-likeness (QED) is 0.709. The zero-order chi connectivity index (χ0) is 16.4. The van der Waals surface area contributed by atoms with Crippen LogP contribution in [-0.4, -0.2) is 29.9 Å². The van der Waals surface area contributed by atoms with Crippen LogP contribution in [0, 0.1) is 0 Å². The largest absolute Gasteiger partial charge is 0.371 e. The van der Waals surface area contributed by atoms with Crippen molar-refractivity contribution in [3.05, 3.63) is 65.2 Å². The number of H-pyrrole nitrogens is 1. The number of hydrogen-bond acceptors (Lipinski definition) is 3. The summed E-state index contributed by atoms with van der Waals surface area (Å²) in [5.41, 5.74) is 5.25. The average Bonchev–Trinajstić information content (AvgIpc) is 3.13. The predicted octanol–water partition coefficient (Wildman–Crippen LogP) is 4.48. The topological polar surface area (TPSA) is 49.9 Å². The monoisotopic (exact) mass is 375 g/mol. The second kappa shape index (κ2) is 8.02. The maximum atomic E-state index is 5.94. The Kier molecular flexibility index (Phi) is 5.76. The minimum Gasteiger partial charge on any atom is -0.371 e. The molecule has 2 aromatic carbocycles. The standard InChI is InChI=1S/C19H18ClN3O.ClH/c20-16-7-5-14(6-8-16)18-11-17(22-23-18)13-1-3-15(4-2-13)19-12-21-9-10-24-19;/h1-8,11,19,21H,9-10,12H2,(H,22,23);1H/t19-;/m0./s1. The van der Waals surface area contributed by atoms with Crippen molar-refractivity contribution in [3.8, 4) is 22.5 Å². The summed E-state index contributed by atoms with van der Waals surface area (Å²) in [6.07, 6.45) is 0.138. The molecule has 6 heteroatoms. The van der Waals surface area contributed by atoms with Gasteiger partial charge in [0.05, 0.1) is 24.1 Å². The van der Waals surface area contributed by atoms with Crippen LogP contribution in [0.2, 0.25) is 5.02 Å². The molecule has 0 radical (unpaired) electrons. The Labute approximate surface area is 158 Å². The minimum absolute atomic E-state index is 0. The van der Waals surface area contributed by atoms with Crippen LogP contribution in [0.25, 0.3) is 22.5 Å². The highest BCUT2D eigenvalue weighted by Gasteiger charge is 2.15. The van der Waals surface area contributed by atoms with Crippen molar-refractivity contribution in [2.24, 2.45) is 0 Å². The molecule has 0 spiro atoms. The molecule has 2 heterocycles. The van der Waals surface area contributed by atoms with Gasteiger partial charge in [0, 0.05) is 23.7 Å². The third kappa shape index (κ3) is 4.05. The number of aromatic nitrogens is 2. The fourth-order valence-corrected chi connectivity index (χ4v) is 3.02. The van der Waals surface area contributed by atoms with Gasteiger partial charge >= 0.3 is 0 Å². The van der Waals surface area contributed by atoms with E-state index in [2.05, 4.69) is 45.8 Å². The molecule has 4 nitrogen and oxygen atoms in total. The first-order valence-electron chi connectivity index (χ1n) is 8.03. The van der Waals surface area contributed by atoms with Gasteiger partial charge in [-0.05, 0) is 29.3 Å². The highest BCUT2D eigenvalue weighted by atomic mass is 35.5. The molecule has 1 aliphatic heterocycles. The number of benzene rings is 2. The Balaban J connectivity index is 0.00000182. The molecule has 1 fully saturated rings. The van der Waals surface area contributed by atoms with E-state index in [1.165, 1.54) is 5.56 Å². The van der Waals surface area contributed by atoms with Gasteiger partial charge in [0.15, 0.2) is 0 Å². The van der Waals surface area contributed by atoms with Crippen LogP contribution in [-0.2, 0) is 4.74 Å². The Hall–Kier alpha value is -1.85. The summed E-state index contributed by atoms with van der Waals surface area (Å²) in [5, 5.41) is 11.6. The van der Waals surface area contributed by atoms with Crippen molar-refractivity contribution < 1.29 is 4.74 Å². The average molecular weight is 376 g/mol. The fourth-order valence-electron chi connectivity index (χ4n) is 2.89. The first-order chi connectivity index (χ1) is 11.8. The summed E-state index contributed by atoms with van der Waals surface area (Å²) in [4.78, 5) is 0. The van der Waals surface area contributed by atoms with Crippen molar-refractivity contribution in [2.45, 2.75) is 6.10 Å². The number of halogens is 2. The second-order valence-corrected chi connectivity index (χ2v) is 6.30. The summed E-state index contributed by atoms with van der Waals surface area (Å²) in [6, 6.07) is 18.2. The maximum absolute atomic E-state index is 5.94. The lowest BCUT2D eigenvalue weighted by molar-refractivity contribution is 0.0277. The molecule has 1 atom stereocenters. The van der Waals surface area contributed by atoms with Gasteiger partial charge in [0.2, 0.25) is 0 Å². The number of hydrogen-bond donors (Lipinski definition) is 2. The van der Waals surface area contributed by atoms with E-state index in [-0.39, 0.29) is 18.5 Å². The van der Waals surface area contributed by atoms with Crippen LogP contribution in [0.1, 0.15) is 11.7 Å². The van der Waals surface area contributed by atoms with Gasteiger partial charge in [-0.3, -0.25) is 5.10 Å². The highest BCUT2D eigenvalue weighted by Crippen LogP contribution is 2.26. The first-order valence-corrected chi connectivity index (χ1v) is 8.41. The molecule has 3 aromatic rings. The molecule has 0 saturated carbocycles. The van der Waals surface area contributed by atoms with Gasteiger partial charge in [-0.2, -0.15) is 5.10 Å². The van der Waals surface area contributed by atoms with E-state index in [1.807, 2.05) is 24.3 Å². The van der Waals surface area contributed by atoms with Crippen molar-refractivity contribution in [1.29, 1.82) is 0 Å².